The van der Waals surface area contributed by atoms with Crippen LogP contribution >= 0.6 is 0 Å². The Morgan fingerprint density at radius 2 is 2.24 bits per heavy atom. The van der Waals surface area contributed by atoms with E-state index in [2.05, 4.69) is 30.4 Å². The van der Waals surface area contributed by atoms with Gasteiger partial charge in [0.25, 0.3) is 0 Å². The van der Waals surface area contributed by atoms with E-state index in [-0.39, 0.29) is 0 Å². The second-order valence-electron chi connectivity index (χ2n) is 5.49. The van der Waals surface area contributed by atoms with E-state index in [1.807, 2.05) is 0 Å². The first-order valence-corrected chi connectivity index (χ1v) is 6.78. The van der Waals surface area contributed by atoms with Crippen molar-refractivity contribution in [1.29, 1.82) is 0 Å². The van der Waals surface area contributed by atoms with Crippen LogP contribution in [0.15, 0.2) is 18.2 Å². The average Bonchev–Trinajstić information content (AvgIpc) is 3.04. The molecule has 1 fully saturated rings. The minimum Gasteiger partial charge on any atom is -0.488 e. The molecule has 1 aliphatic heterocycles. The van der Waals surface area contributed by atoms with Crippen LogP contribution in [-0.4, -0.2) is 19.2 Å². The molecule has 0 spiro atoms. The molecular weight excluding hydrogens is 210 g/mol. The van der Waals surface area contributed by atoms with Crippen molar-refractivity contribution in [3.8, 4) is 5.75 Å². The van der Waals surface area contributed by atoms with Gasteiger partial charge in [0.15, 0.2) is 0 Å². The minimum atomic E-state index is 0.339. The lowest BCUT2D eigenvalue weighted by molar-refractivity contribution is 0.227. The van der Waals surface area contributed by atoms with Gasteiger partial charge in [-0.3, -0.25) is 0 Å². The number of ether oxygens (including phenoxy) is 1. The molecule has 1 aromatic rings. The average molecular weight is 231 g/mol. The maximum absolute atomic E-state index is 5.92. The van der Waals surface area contributed by atoms with Crippen molar-refractivity contribution < 1.29 is 4.74 Å². The molecule has 1 heterocycles. The van der Waals surface area contributed by atoms with Crippen LogP contribution in [0, 0.1) is 12.8 Å². The van der Waals surface area contributed by atoms with Gasteiger partial charge >= 0.3 is 0 Å². The molecule has 1 aliphatic carbocycles. The Labute approximate surface area is 103 Å². The van der Waals surface area contributed by atoms with Crippen molar-refractivity contribution in [3.63, 3.8) is 0 Å². The Balaban J connectivity index is 1.44. The zero-order chi connectivity index (χ0) is 11.7. The van der Waals surface area contributed by atoms with E-state index in [0.717, 1.165) is 31.2 Å². The maximum Gasteiger partial charge on any atom is 0.123 e. The van der Waals surface area contributed by atoms with Gasteiger partial charge in [-0.25, -0.2) is 0 Å². The van der Waals surface area contributed by atoms with E-state index >= 15 is 0 Å². The quantitative estimate of drug-likeness (QED) is 0.787. The first kappa shape index (κ1) is 11.1. The van der Waals surface area contributed by atoms with E-state index in [0.29, 0.717) is 6.10 Å². The van der Waals surface area contributed by atoms with Gasteiger partial charge < -0.3 is 10.1 Å². The summed E-state index contributed by atoms with van der Waals surface area (Å²) in [6, 6.07) is 6.48. The summed E-state index contributed by atoms with van der Waals surface area (Å²) in [5.74, 6) is 2.11. The van der Waals surface area contributed by atoms with E-state index < -0.39 is 0 Å². The molecule has 1 unspecified atom stereocenters. The third kappa shape index (κ3) is 2.81. The lowest BCUT2D eigenvalue weighted by Crippen LogP contribution is -2.30. The standard InChI is InChI=1S/C15H21NO/c1-11-2-5-15-13(8-11)9-14(17-15)10-16-7-6-12-3-4-12/h2,5,8,12,14,16H,3-4,6-7,9-10H2,1H3. The summed E-state index contributed by atoms with van der Waals surface area (Å²) in [5.41, 5.74) is 2.70. The first-order chi connectivity index (χ1) is 8.31. The van der Waals surface area contributed by atoms with Crippen molar-refractivity contribution >= 4 is 0 Å². The second kappa shape index (κ2) is 4.69. The number of nitrogens with one attached hydrogen (secondary N) is 1. The van der Waals surface area contributed by atoms with Crippen molar-refractivity contribution in [1.82, 2.24) is 5.32 Å². The Hall–Kier alpha value is -1.02. The van der Waals surface area contributed by atoms with Crippen LogP contribution in [-0.2, 0) is 6.42 Å². The number of rotatable bonds is 5. The normalized spacial score (nSPS) is 22.3. The summed E-state index contributed by atoms with van der Waals surface area (Å²) in [6.07, 6.45) is 5.65. The third-order valence-corrected chi connectivity index (χ3v) is 3.76. The van der Waals surface area contributed by atoms with Crippen LogP contribution in [0.1, 0.15) is 30.4 Å². The third-order valence-electron chi connectivity index (χ3n) is 3.76. The molecule has 1 atom stereocenters. The van der Waals surface area contributed by atoms with Gasteiger partial charge in [0.2, 0.25) is 0 Å². The lowest BCUT2D eigenvalue weighted by Gasteiger charge is -2.11. The predicted molar refractivity (Wildman–Crippen MR) is 69.5 cm³/mol. The largest absolute Gasteiger partial charge is 0.488 e. The number of hydrogen-bond acceptors (Lipinski definition) is 2. The molecule has 0 radical (unpaired) electrons. The topological polar surface area (TPSA) is 21.3 Å². The van der Waals surface area contributed by atoms with E-state index in [4.69, 9.17) is 4.74 Å². The molecule has 3 rings (SSSR count). The highest BCUT2D eigenvalue weighted by molar-refractivity contribution is 5.40. The molecule has 0 saturated heterocycles. The smallest absolute Gasteiger partial charge is 0.123 e. The number of fused-ring (bicyclic) bond motifs is 1. The molecular formula is C15H21NO. The van der Waals surface area contributed by atoms with Crippen molar-refractivity contribution in [2.75, 3.05) is 13.1 Å². The fraction of sp³-hybridized carbons (Fsp3) is 0.600. The Kier molecular flexibility index (Phi) is 3.06. The highest BCUT2D eigenvalue weighted by Crippen LogP contribution is 2.32. The SMILES string of the molecule is Cc1ccc2c(c1)CC(CNCCC1CC1)O2. The minimum absolute atomic E-state index is 0.339. The number of aryl methyl sites for hydroxylation is 1. The second-order valence-corrected chi connectivity index (χ2v) is 5.49. The lowest BCUT2D eigenvalue weighted by atomic mass is 10.1. The van der Waals surface area contributed by atoms with Gasteiger partial charge in [-0.05, 0) is 37.4 Å². The first-order valence-electron chi connectivity index (χ1n) is 6.78. The fourth-order valence-corrected chi connectivity index (χ4v) is 2.54. The summed E-state index contributed by atoms with van der Waals surface area (Å²) in [4.78, 5) is 0. The van der Waals surface area contributed by atoms with Crippen LogP contribution in [0.2, 0.25) is 0 Å². The molecule has 1 aromatic carbocycles. The van der Waals surface area contributed by atoms with Crippen LogP contribution < -0.4 is 10.1 Å². The summed E-state index contributed by atoms with van der Waals surface area (Å²) in [5, 5.41) is 3.52. The zero-order valence-corrected chi connectivity index (χ0v) is 10.5. The van der Waals surface area contributed by atoms with Crippen LogP contribution in [0.3, 0.4) is 0 Å². The van der Waals surface area contributed by atoms with Crippen molar-refractivity contribution in [2.45, 2.75) is 38.7 Å². The molecule has 2 aliphatic rings. The van der Waals surface area contributed by atoms with Crippen molar-refractivity contribution in [3.05, 3.63) is 29.3 Å². The molecule has 0 bridgehead atoms. The van der Waals surface area contributed by atoms with Crippen LogP contribution in [0.4, 0.5) is 0 Å². The molecule has 1 N–H and O–H groups in total. The van der Waals surface area contributed by atoms with Crippen LogP contribution in [0.25, 0.3) is 0 Å². The van der Waals surface area contributed by atoms with E-state index in [1.165, 1.54) is 30.4 Å². The Bertz CT molecular complexity index is 398. The summed E-state index contributed by atoms with van der Waals surface area (Å²) >= 11 is 0. The summed E-state index contributed by atoms with van der Waals surface area (Å²) < 4.78 is 5.92. The zero-order valence-electron chi connectivity index (χ0n) is 10.5. The molecule has 1 saturated carbocycles. The fourth-order valence-electron chi connectivity index (χ4n) is 2.54. The Morgan fingerprint density at radius 3 is 3.06 bits per heavy atom. The van der Waals surface area contributed by atoms with Gasteiger partial charge in [0.1, 0.15) is 11.9 Å². The van der Waals surface area contributed by atoms with Gasteiger partial charge in [-0.1, -0.05) is 30.5 Å². The molecule has 0 amide bonds. The number of benzene rings is 1. The van der Waals surface area contributed by atoms with Gasteiger partial charge in [0, 0.05) is 13.0 Å². The van der Waals surface area contributed by atoms with Gasteiger partial charge in [-0.2, -0.15) is 0 Å². The Morgan fingerprint density at radius 1 is 1.35 bits per heavy atom. The molecule has 2 heteroatoms. The van der Waals surface area contributed by atoms with Gasteiger partial charge in [-0.15, -0.1) is 0 Å². The highest BCUT2D eigenvalue weighted by atomic mass is 16.5. The van der Waals surface area contributed by atoms with Gasteiger partial charge in [0.05, 0.1) is 0 Å². The molecule has 2 nitrogen and oxygen atoms in total. The number of hydrogen-bond donors (Lipinski definition) is 1. The highest BCUT2D eigenvalue weighted by Gasteiger charge is 2.23. The maximum atomic E-state index is 5.92. The van der Waals surface area contributed by atoms with Crippen molar-refractivity contribution in [2.24, 2.45) is 5.92 Å². The van der Waals surface area contributed by atoms with E-state index in [9.17, 15) is 0 Å². The summed E-state index contributed by atoms with van der Waals surface area (Å²) in [7, 11) is 0. The molecule has 17 heavy (non-hydrogen) atoms. The van der Waals surface area contributed by atoms with Crippen LogP contribution in [0.5, 0.6) is 5.75 Å². The molecule has 92 valence electrons. The molecule has 0 aromatic heterocycles. The van der Waals surface area contributed by atoms with E-state index in [1.54, 1.807) is 0 Å². The monoisotopic (exact) mass is 231 g/mol. The predicted octanol–water partition coefficient (Wildman–Crippen LogP) is 2.69. The summed E-state index contributed by atoms with van der Waals surface area (Å²) in [6.45, 7) is 4.28.